The average Bonchev–Trinajstić information content (AvgIpc) is 3.26. The highest BCUT2D eigenvalue weighted by Gasteiger charge is 2.38. The average molecular weight is 547 g/mol. The number of rotatable bonds is 8. The molecule has 0 spiro atoms. The molecule has 15 heteroatoms. The molecular formula is C21H30N4O9S2. The number of sulfonamides is 1. The van der Waals surface area contributed by atoms with Crippen LogP contribution in [-0.4, -0.2) is 106 Å². The van der Waals surface area contributed by atoms with E-state index in [2.05, 4.69) is 15.6 Å². The summed E-state index contributed by atoms with van der Waals surface area (Å²) in [6.45, 7) is 1.26. The number of nitrogens with zero attached hydrogens (tertiary/aromatic N) is 2. The number of nitrogens with one attached hydrogen (secondary N) is 2. The van der Waals surface area contributed by atoms with Crippen molar-refractivity contribution < 1.29 is 43.9 Å². The van der Waals surface area contributed by atoms with Crippen molar-refractivity contribution in [1.82, 2.24) is 14.6 Å². The van der Waals surface area contributed by atoms with Crippen LogP contribution in [0, 0.1) is 6.92 Å². The summed E-state index contributed by atoms with van der Waals surface area (Å²) < 4.78 is 25.8. The molecule has 200 valence electrons. The number of aromatic nitrogens is 1. The summed E-state index contributed by atoms with van der Waals surface area (Å²) in [7, 11) is -1.10. The van der Waals surface area contributed by atoms with E-state index in [4.69, 9.17) is 20.4 Å². The number of aryl methyl sites for hydroxylation is 1. The molecule has 36 heavy (non-hydrogen) atoms. The molecule has 1 aliphatic rings. The maximum absolute atomic E-state index is 12.5. The van der Waals surface area contributed by atoms with Gasteiger partial charge in [0.25, 0.3) is 15.9 Å². The van der Waals surface area contributed by atoms with Crippen LogP contribution in [0.2, 0.25) is 0 Å². The first-order chi connectivity index (χ1) is 16.9. The molecule has 0 saturated carbocycles. The first-order valence-corrected chi connectivity index (χ1v) is 12.9. The van der Waals surface area contributed by atoms with Crippen LogP contribution < -0.4 is 10.6 Å². The van der Waals surface area contributed by atoms with Crippen LogP contribution >= 0.6 is 11.3 Å². The molecule has 0 aliphatic carbocycles. The second kappa shape index (κ2) is 12.6. The maximum Gasteiger partial charge on any atom is 0.278 e. The molecule has 1 aliphatic heterocycles. The van der Waals surface area contributed by atoms with Crippen LogP contribution in [0.15, 0.2) is 41.1 Å². The van der Waals surface area contributed by atoms with E-state index < -0.39 is 47.0 Å². The van der Waals surface area contributed by atoms with Crippen LogP contribution in [0.25, 0.3) is 5.76 Å². The number of fused-ring (bicyclic) bond motifs is 1. The lowest BCUT2D eigenvalue weighted by molar-refractivity contribution is -0.113. The van der Waals surface area contributed by atoms with E-state index in [1.807, 2.05) is 6.92 Å². The highest BCUT2D eigenvalue weighted by molar-refractivity contribution is 7.89. The minimum Gasteiger partial charge on any atom is -0.505 e. The van der Waals surface area contributed by atoms with Crippen LogP contribution in [0.3, 0.4) is 0 Å². The zero-order valence-corrected chi connectivity index (χ0v) is 21.4. The fourth-order valence-corrected chi connectivity index (χ4v) is 5.20. The standard InChI is InChI=1S/C14H13N3O4S2.C7H17NO5/c1-8-7-15-14(22-8)16-13(19)11-12(18)9-5-3-4-6-10(9)23(20,21)17(11)2;1-8-2-4(10)6(12)7(13)5(11)3-9/h3-7,18H,1-2H3,(H,15,16,19);4-13H,2-3H2,1H3/t;4-,5+,6+,7+/m.0/s1. The van der Waals surface area contributed by atoms with E-state index >= 15 is 0 Å². The lowest BCUT2D eigenvalue weighted by Crippen LogP contribution is -2.48. The molecule has 4 atom stereocenters. The van der Waals surface area contributed by atoms with Gasteiger partial charge in [0.2, 0.25) is 0 Å². The number of anilines is 1. The van der Waals surface area contributed by atoms with Crippen molar-refractivity contribution in [2.45, 2.75) is 36.2 Å². The zero-order valence-electron chi connectivity index (χ0n) is 19.7. The Labute approximate surface area is 212 Å². The minimum atomic E-state index is -3.90. The minimum absolute atomic E-state index is 0.0401. The fourth-order valence-electron chi connectivity index (χ4n) is 3.14. The topological polar surface area (TPSA) is 213 Å². The number of thiazole rings is 1. The molecule has 0 saturated heterocycles. The number of aliphatic hydroxyl groups excluding tert-OH is 6. The number of hydrogen-bond acceptors (Lipinski definition) is 12. The third kappa shape index (κ3) is 6.57. The number of aliphatic hydroxyl groups is 6. The molecule has 1 aromatic carbocycles. The molecule has 2 aromatic rings. The van der Waals surface area contributed by atoms with Crippen molar-refractivity contribution in [3.05, 3.63) is 46.6 Å². The number of carbonyl (C=O) groups excluding carboxylic acids is 1. The number of amides is 1. The van der Waals surface area contributed by atoms with Gasteiger partial charge in [0.05, 0.1) is 17.6 Å². The highest BCUT2D eigenvalue weighted by Crippen LogP contribution is 2.34. The molecule has 0 bridgehead atoms. The molecule has 2 heterocycles. The van der Waals surface area contributed by atoms with Crippen molar-refractivity contribution in [2.75, 3.05) is 32.6 Å². The van der Waals surface area contributed by atoms with Gasteiger partial charge in [-0.2, -0.15) is 0 Å². The summed E-state index contributed by atoms with van der Waals surface area (Å²) in [6, 6.07) is 5.99. The van der Waals surface area contributed by atoms with Crippen LogP contribution in [0.4, 0.5) is 5.13 Å². The Bertz CT molecular complexity index is 1190. The van der Waals surface area contributed by atoms with Crippen molar-refractivity contribution in [2.24, 2.45) is 0 Å². The SMILES string of the molecule is CNC[C@H](O)[C@@H](O)[C@H](O)[C@H](O)CO.Cc1cnc(NC(=O)C2=C(O)c3ccccc3S(=O)(=O)N2C)s1. The summed E-state index contributed by atoms with van der Waals surface area (Å²) in [5.74, 6) is -1.12. The Morgan fingerprint density at radius 3 is 2.31 bits per heavy atom. The first-order valence-electron chi connectivity index (χ1n) is 10.6. The van der Waals surface area contributed by atoms with E-state index in [0.29, 0.717) is 5.13 Å². The summed E-state index contributed by atoms with van der Waals surface area (Å²) in [6.07, 6.45) is -4.06. The van der Waals surface area contributed by atoms with Crippen molar-refractivity contribution in [3.63, 3.8) is 0 Å². The molecule has 1 amide bonds. The van der Waals surface area contributed by atoms with Gasteiger partial charge in [-0.3, -0.25) is 14.4 Å². The molecule has 8 N–H and O–H groups in total. The Balaban J connectivity index is 0.000000302. The normalized spacial score (nSPS) is 17.8. The highest BCUT2D eigenvalue weighted by atomic mass is 32.2. The zero-order chi connectivity index (χ0) is 27.2. The molecular weight excluding hydrogens is 516 g/mol. The predicted octanol–water partition coefficient (Wildman–Crippen LogP) is -1.41. The van der Waals surface area contributed by atoms with Crippen LogP contribution in [0.5, 0.6) is 0 Å². The van der Waals surface area contributed by atoms with Gasteiger partial charge in [-0.25, -0.2) is 13.4 Å². The molecule has 13 nitrogen and oxygen atoms in total. The Hall–Kier alpha value is -2.63. The first kappa shape index (κ1) is 29.6. The van der Waals surface area contributed by atoms with E-state index in [1.54, 1.807) is 25.4 Å². The monoisotopic (exact) mass is 546 g/mol. The van der Waals surface area contributed by atoms with Gasteiger partial charge >= 0.3 is 0 Å². The van der Waals surface area contributed by atoms with E-state index in [9.17, 15) is 23.4 Å². The van der Waals surface area contributed by atoms with Crippen LogP contribution in [0.1, 0.15) is 10.4 Å². The number of benzene rings is 1. The Morgan fingerprint density at radius 2 is 1.75 bits per heavy atom. The third-order valence-electron chi connectivity index (χ3n) is 5.12. The van der Waals surface area contributed by atoms with Gasteiger partial charge in [-0.05, 0) is 26.1 Å². The smallest absolute Gasteiger partial charge is 0.278 e. The predicted molar refractivity (Wildman–Crippen MR) is 131 cm³/mol. The number of carbonyl (C=O) groups is 1. The Kier molecular flexibility index (Phi) is 10.3. The molecule has 0 unspecified atom stereocenters. The Morgan fingerprint density at radius 1 is 1.14 bits per heavy atom. The third-order valence-corrected chi connectivity index (χ3v) is 7.76. The van der Waals surface area contributed by atoms with Gasteiger partial charge < -0.3 is 36.0 Å². The van der Waals surface area contributed by atoms with Crippen molar-refractivity contribution >= 4 is 38.2 Å². The maximum atomic E-state index is 12.5. The summed E-state index contributed by atoms with van der Waals surface area (Å²) >= 11 is 1.25. The van der Waals surface area contributed by atoms with Gasteiger partial charge in [0.15, 0.2) is 16.6 Å². The molecule has 0 fully saturated rings. The lowest BCUT2D eigenvalue weighted by Gasteiger charge is -2.28. The van der Waals surface area contributed by atoms with E-state index in [0.717, 1.165) is 9.18 Å². The van der Waals surface area contributed by atoms with Gasteiger partial charge in [-0.15, -0.1) is 11.3 Å². The second-order valence-corrected chi connectivity index (χ2v) is 10.9. The van der Waals surface area contributed by atoms with Crippen molar-refractivity contribution in [3.8, 4) is 0 Å². The second-order valence-electron chi connectivity index (χ2n) is 7.75. The number of likely N-dealkylation sites (N-methyl/N-ethyl adjacent to an activating group) is 2. The quantitative estimate of drug-likeness (QED) is 0.193. The molecule has 0 radical (unpaired) electrons. The molecule has 3 rings (SSSR count). The molecule has 1 aromatic heterocycles. The van der Waals surface area contributed by atoms with E-state index in [1.165, 1.54) is 30.5 Å². The lowest BCUT2D eigenvalue weighted by atomic mass is 10.0. The fraction of sp³-hybridized carbons (Fsp3) is 0.429. The van der Waals surface area contributed by atoms with Gasteiger partial charge in [-0.1, -0.05) is 12.1 Å². The van der Waals surface area contributed by atoms with Crippen molar-refractivity contribution in [1.29, 1.82) is 0 Å². The summed E-state index contributed by atoms with van der Waals surface area (Å²) in [5.41, 5.74) is -0.234. The largest absolute Gasteiger partial charge is 0.505 e. The van der Waals surface area contributed by atoms with E-state index in [-0.39, 0.29) is 28.5 Å². The number of hydrogen-bond donors (Lipinski definition) is 8. The van der Waals surface area contributed by atoms with Crippen LogP contribution in [-0.2, 0) is 14.8 Å². The van der Waals surface area contributed by atoms with Gasteiger partial charge in [0, 0.05) is 30.2 Å². The summed E-state index contributed by atoms with van der Waals surface area (Å²) in [5, 5.41) is 60.7. The summed E-state index contributed by atoms with van der Waals surface area (Å²) in [4.78, 5) is 17.3. The van der Waals surface area contributed by atoms with Gasteiger partial charge in [0.1, 0.15) is 18.3 Å².